The molecule has 4 heteroatoms. The quantitative estimate of drug-likeness (QED) is 0.759. The molecule has 0 radical (unpaired) electrons. The van der Waals surface area contributed by atoms with Crippen molar-refractivity contribution in [3.8, 4) is 0 Å². The van der Waals surface area contributed by atoms with Gasteiger partial charge in [-0.15, -0.1) is 0 Å². The van der Waals surface area contributed by atoms with Gasteiger partial charge in [0.2, 0.25) is 0 Å². The molecule has 0 heterocycles. The van der Waals surface area contributed by atoms with Crippen LogP contribution in [0.25, 0.3) is 0 Å². The third-order valence-corrected chi connectivity index (χ3v) is 5.05. The molecule has 1 amide bonds. The van der Waals surface area contributed by atoms with E-state index in [9.17, 15) is 4.79 Å². The Kier molecular flexibility index (Phi) is 5.77. The van der Waals surface area contributed by atoms with Gasteiger partial charge in [-0.3, -0.25) is 0 Å². The number of rotatable bonds is 6. The fourth-order valence-corrected chi connectivity index (χ4v) is 3.88. The van der Waals surface area contributed by atoms with Crippen LogP contribution >= 0.6 is 0 Å². The van der Waals surface area contributed by atoms with Crippen molar-refractivity contribution in [2.45, 2.75) is 59.1 Å². The van der Waals surface area contributed by atoms with Crippen LogP contribution in [-0.2, 0) is 4.74 Å². The summed E-state index contributed by atoms with van der Waals surface area (Å²) >= 11 is 0. The number of hydrogen-bond donors (Lipinski definition) is 1. The average molecular weight is 322 g/mol. The number of ether oxygens (including phenoxy) is 1. The van der Waals surface area contributed by atoms with Crippen molar-refractivity contribution in [1.82, 2.24) is 10.2 Å². The molecule has 1 saturated carbocycles. The second-order valence-corrected chi connectivity index (χ2v) is 8.61. The van der Waals surface area contributed by atoms with E-state index in [1.807, 2.05) is 27.8 Å². The number of amides is 1. The van der Waals surface area contributed by atoms with E-state index in [0.29, 0.717) is 18.5 Å². The summed E-state index contributed by atoms with van der Waals surface area (Å²) in [5.41, 5.74) is -0.434. The van der Waals surface area contributed by atoms with Crippen LogP contribution in [0.2, 0.25) is 0 Å². The van der Waals surface area contributed by atoms with Crippen LogP contribution in [0.4, 0.5) is 4.79 Å². The van der Waals surface area contributed by atoms with Crippen LogP contribution < -0.4 is 5.32 Å². The molecule has 2 bridgehead atoms. The summed E-state index contributed by atoms with van der Waals surface area (Å²) in [5, 5.41) is 3.69. The lowest BCUT2D eigenvalue weighted by atomic mass is 9.87. The van der Waals surface area contributed by atoms with Gasteiger partial charge in [0, 0.05) is 19.6 Å². The molecule has 0 aromatic heterocycles. The number of hydrogen-bond acceptors (Lipinski definition) is 3. The molecule has 1 N–H and O–H groups in total. The van der Waals surface area contributed by atoms with Gasteiger partial charge in [-0.1, -0.05) is 19.1 Å². The van der Waals surface area contributed by atoms with E-state index in [4.69, 9.17) is 4.74 Å². The second kappa shape index (κ2) is 7.25. The number of nitrogens with zero attached hydrogens (tertiary/aromatic N) is 1. The molecule has 0 spiro atoms. The summed E-state index contributed by atoms with van der Waals surface area (Å²) in [6.45, 7) is 11.8. The molecule has 0 aliphatic heterocycles. The van der Waals surface area contributed by atoms with E-state index < -0.39 is 5.60 Å². The molecule has 0 aromatic carbocycles. The van der Waals surface area contributed by atoms with Gasteiger partial charge in [-0.05, 0) is 70.8 Å². The molecule has 4 nitrogen and oxygen atoms in total. The molecule has 5 atom stereocenters. The molecule has 0 aromatic rings. The molecule has 23 heavy (non-hydrogen) atoms. The first-order valence-electron chi connectivity index (χ1n) is 9.01. The van der Waals surface area contributed by atoms with Gasteiger partial charge in [0.25, 0.3) is 0 Å². The summed E-state index contributed by atoms with van der Waals surface area (Å²) in [6.07, 6.45) is 7.26. The maximum absolute atomic E-state index is 12.0. The number of carbonyl (C=O) groups excluding carboxylic acids is 1. The maximum Gasteiger partial charge on any atom is 0.410 e. The molecule has 132 valence electrons. The average Bonchev–Trinajstić information content (AvgIpc) is 3.05. The predicted molar refractivity (Wildman–Crippen MR) is 94.3 cm³/mol. The van der Waals surface area contributed by atoms with Gasteiger partial charge in [0.15, 0.2) is 0 Å². The Hall–Kier alpha value is -1.03. The van der Waals surface area contributed by atoms with Crippen molar-refractivity contribution in [1.29, 1.82) is 0 Å². The molecule has 1 fully saturated rings. The third-order valence-electron chi connectivity index (χ3n) is 5.05. The molecular weight excluding hydrogens is 288 g/mol. The molecule has 2 aliphatic carbocycles. The monoisotopic (exact) mass is 322 g/mol. The SMILES string of the molecule is CC(CNC(C)C1CC2C=CC1C2)CN(C)C(=O)OC(C)(C)C. The molecule has 0 saturated heterocycles. The smallest absolute Gasteiger partial charge is 0.410 e. The lowest BCUT2D eigenvalue weighted by Crippen LogP contribution is -2.42. The lowest BCUT2D eigenvalue weighted by Gasteiger charge is -2.29. The highest BCUT2D eigenvalue weighted by Crippen LogP contribution is 2.44. The van der Waals surface area contributed by atoms with Crippen molar-refractivity contribution < 1.29 is 9.53 Å². The molecule has 2 aliphatic rings. The first-order chi connectivity index (χ1) is 10.7. The van der Waals surface area contributed by atoms with Crippen LogP contribution in [0.15, 0.2) is 12.2 Å². The first kappa shape index (κ1) is 18.3. The summed E-state index contributed by atoms with van der Waals surface area (Å²) in [7, 11) is 1.81. The first-order valence-corrected chi connectivity index (χ1v) is 9.01. The van der Waals surface area contributed by atoms with Crippen molar-refractivity contribution >= 4 is 6.09 Å². The van der Waals surface area contributed by atoms with Crippen LogP contribution in [0, 0.1) is 23.7 Å². The standard InChI is InChI=1S/C19H34N2O2/c1-13(12-21(6)18(22)23-19(3,4)5)11-20-14(2)17-10-15-7-8-16(17)9-15/h7-8,13-17,20H,9-12H2,1-6H3. The van der Waals surface area contributed by atoms with Crippen molar-refractivity contribution in [2.75, 3.05) is 20.1 Å². The minimum Gasteiger partial charge on any atom is -0.444 e. The van der Waals surface area contributed by atoms with Crippen LogP contribution in [0.5, 0.6) is 0 Å². The van der Waals surface area contributed by atoms with E-state index >= 15 is 0 Å². The number of fused-ring (bicyclic) bond motifs is 2. The Morgan fingerprint density at radius 3 is 2.52 bits per heavy atom. The number of allylic oxidation sites excluding steroid dienone is 2. The highest BCUT2D eigenvalue weighted by atomic mass is 16.6. The van der Waals surface area contributed by atoms with Crippen molar-refractivity contribution in [2.24, 2.45) is 23.7 Å². The molecule has 2 rings (SSSR count). The van der Waals surface area contributed by atoms with Gasteiger partial charge < -0.3 is 15.0 Å². The van der Waals surface area contributed by atoms with Crippen LogP contribution in [-0.4, -0.2) is 42.8 Å². The zero-order chi connectivity index (χ0) is 17.2. The van der Waals surface area contributed by atoms with Gasteiger partial charge in [0.1, 0.15) is 5.60 Å². The lowest BCUT2D eigenvalue weighted by molar-refractivity contribution is 0.0276. The Morgan fingerprint density at radius 1 is 1.30 bits per heavy atom. The van der Waals surface area contributed by atoms with Crippen LogP contribution in [0.3, 0.4) is 0 Å². The third kappa shape index (κ3) is 5.23. The highest BCUT2D eigenvalue weighted by Gasteiger charge is 2.38. The number of nitrogens with one attached hydrogen (secondary N) is 1. The van der Waals surface area contributed by atoms with E-state index in [2.05, 4.69) is 31.3 Å². The highest BCUT2D eigenvalue weighted by molar-refractivity contribution is 5.67. The summed E-state index contributed by atoms with van der Waals surface area (Å²) in [6, 6.07) is 0.546. The zero-order valence-electron chi connectivity index (χ0n) is 15.6. The Bertz CT molecular complexity index is 441. The minimum atomic E-state index is -0.434. The van der Waals surface area contributed by atoms with Crippen molar-refractivity contribution in [3.05, 3.63) is 12.2 Å². The van der Waals surface area contributed by atoms with Crippen LogP contribution in [0.1, 0.15) is 47.5 Å². The Balaban J connectivity index is 1.69. The maximum atomic E-state index is 12.0. The normalized spacial score (nSPS) is 28.7. The van der Waals surface area contributed by atoms with Gasteiger partial charge in [0.05, 0.1) is 0 Å². The fraction of sp³-hybridized carbons (Fsp3) is 0.842. The number of carbonyl (C=O) groups is 1. The van der Waals surface area contributed by atoms with Gasteiger partial charge in [-0.2, -0.15) is 0 Å². The largest absolute Gasteiger partial charge is 0.444 e. The minimum absolute atomic E-state index is 0.240. The molecule has 5 unspecified atom stereocenters. The Morgan fingerprint density at radius 2 is 2.00 bits per heavy atom. The van der Waals surface area contributed by atoms with Crippen molar-refractivity contribution in [3.63, 3.8) is 0 Å². The molecular formula is C19H34N2O2. The summed E-state index contributed by atoms with van der Waals surface area (Å²) in [4.78, 5) is 13.7. The van der Waals surface area contributed by atoms with Gasteiger partial charge in [-0.25, -0.2) is 4.79 Å². The van der Waals surface area contributed by atoms with E-state index in [0.717, 1.165) is 24.3 Å². The Labute approximate surface area is 141 Å². The van der Waals surface area contributed by atoms with E-state index in [-0.39, 0.29) is 6.09 Å². The predicted octanol–water partition coefficient (Wildman–Crippen LogP) is 3.68. The summed E-state index contributed by atoms with van der Waals surface area (Å²) in [5.74, 6) is 2.79. The second-order valence-electron chi connectivity index (χ2n) is 8.61. The fourth-order valence-electron chi connectivity index (χ4n) is 3.88. The van der Waals surface area contributed by atoms with Gasteiger partial charge >= 0.3 is 6.09 Å². The van der Waals surface area contributed by atoms with E-state index in [1.165, 1.54) is 12.8 Å². The zero-order valence-corrected chi connectivity index (χ0v) is 15.6. The summed E-state index contributed by atoms with van der Waals surface area (Å²) < 4.78 is 5.40. The topological polar surface area (TPSA) is 41.6 Å². The van der Waals surface area contributed by atoms with E-state index in [1.54, 1.807) is 4.90 Å².